The monoisotopic (exact) mass is 1030 g/mol. The van der Waals surface area contributed by atoms with Crippen molar-refractivity contribution in [2.75, 3.05) is 13.2 Å². The number of hydrogen-bond acceptors (Lipinski definition) is 6. The molecule has 0 amide bonds. The molecule has 430 valence electrons. The van der Waals surface area contributed by atoms with Crippen molar-refractivity contribution < 1.29 is 28.6 Å². The fourth-order valence-corrected chi connectivity index (χ4v) is 9.97. The summed E-state index contributed by atoms with van der Waals surface area (Å²) in [5.41, 5.74) is 0. The van der Waals surface area contributed by atoms with E-state index in [-0.39, 0.29) is 31.1 Å². The van der Waals surface area contributed by atoms with Crippen molar-refractivity contribution in [1.82, 2.24) is 0 Å². The zero-order valence-electron chi connectivity index (χ0n) is 49.4. The van der Waals surface area contributed by atoms with Crippen LogP contribution >= 0.6 is 0 Å². The molecule has 0 radical (unpaired) electrons. The van der Waals surface area contributed by atoms with Gasteiger partial charge in [-0.15, -0.1) is 0 Å². The molecule has 6 heteroatoms. The van der Waals surface area contributed by atoms with Crippen LogP contribution < -0.4 is 0 Å². The summed E-state index contributed by atoms with van der Waals surface area (Å²) in [6, 6.07) is 0. The lowest BCUT2D eigenvalue weighted by atomic mass is 10.0. The third-order valence-corrected chi connectivity index (χ3v) is 14.9. The molecule has 0 saturated heterocycles. The van der Waals surface area contributed by atoms with Crippen LogP contribution in [0.3, 0.4) is 0 Å². The van der Waals surface area contributed by atoms with Crippen molar-refractivity contribution in [2.45, 2.75) is 374 Å². The second kappa shape index (κ2) is 62.4. The van der Waals surface area contributed by atoms with Gasteiger partial charge in [-0.2, -0.15) is 0 Å². The van der Waals surface area contributed by atoms with Gasteiger partial charge in [-0.25, -0.2) is 0 Å². The highest BCUT2D eigenvalue weighted by molar-refractivity contribution is 5.71. The average Bonchev–Trinajstić information content (AvgIpc) is 3.39. The first-order chi connectivity index (χ1) is 36.0. The number of ether oxygens (including phenoxy) is 3. The molecule has 0 aliphatic heterocycles. The SMILES string of the molecule is CCCCCCCC/C=C\CCCCCCCC(=O)OCC(COC(=O)CCCCCCCCCCCCCCCCCCCCCCCC)OC(=O)CCCCCCCCC/C=C\CCCCCCCCC. The number of rotatable bonds is 61. The second-order valence-electron chi connectivity index (χ2n) is 22.4. The summed E-state index contributed by atoms with van der Waals surface area (Å²) in [4.78, 5) is 38.3. The number of hydrogen-bond donors (Lipinski definition) is 0. The van der Waals surface area contributed by atoms with Crippen molar-refractivity contribution in [1.29, 1.82) is 0 Å². The molecule has 0 heterocycles. The third kappa shape index (κ3) is 60.6. The lowest BCUT2D eigenvalue weighted by molar-refractivity contribution is -0.167. The molecule has 0 aliphatic rings. The van der Waals surface area contributed by atoms with E-state index in [1.165, 1.54) is 263 Å². The lowest BCUT2D eigenvalue weighted by Crippen LogP contribution is -2.30. The van der Waals surface area contributed by atoms with E-state index in [1.54, 1.807) is 0 Å². The molecule has 1 atom stereocenters. The van der Waals surface area contributed by atoms with E-state index in [1.807, 2.05) is 0 Å². The normalized spacial score (nSPS) is 12.1. The van der Waals surface area contributed by atoms with Crippen LogP contribution in [0.1, 0.15) is 367 Å². The van der Waals surface area contributed by atoms with Gasteiger partial charge < -0.3 is 14.2 Å². The molecule has 6 nitrogen and oxygen atoms in total. The Balaban J connectivity index is 4.29. The maximum atomic E-state index is 12.9. The Morgan fingerprint density at radius 2 is 0.452 bits per heavy atom. The molecule has 0 aromatic heterocycles. The van der Waals surface area contributed by atoms with Crippen LogP contribution in [-0.4, -0.2) is 37.2 Å². The smallest absolute Gasteiger partial charge is 0.306 e. The summed E-state index contributed by atoms with van der Waals surface area (Å²) in [6.07, 6.45) is 74.7. The van der Waals surface area contributed by atoms with Gasteiger partial charge in [0.1, 0.15) is 13.2 Å². The van der Waals surface area contributed by atoms with Gasteiger partial charge in [-0.05, 0) is 70.6 Å². The van der Waals surface area contributed by atoms with Gasteiger partial charge in [-0.3, -0.25) is 14.4 Å². The number of unbranched alkanes of at least 4 members (excludes halogenated alkanes) is 46. The highest BCUT2D eigenvalue weighted by Gasteiger charge is 2.19. The molecular weight excluding hydrogens is 901 g/mol. The summed E-state index contributed by atoms with van der Waals surface area (Å²) in [7, 11) is 0. The van der Waals surface area contributed by atoms with Gasteiger partial charge in [0.15, 0.2) is 6.10 Å². The Morgan fingerprint density at radius 3 is 0.685 bits per heavy atom. The molecule has 0 aromatic rings. The first kappa shape index (κ1) is 70.9. The third-order valence-electron chi connectivity index (χ3n) is 14.9. The van der Waals surface area contributed by atoms with E-state index in [9.17, 15) is 14.4 Å². The summed E-state index contributed by atoms with van der Waals surface area (Å²) in [6.45, 7) is 6.69. The summed E-state index contributed by atoms with van der Waals surface area (Å²) in [5, 5.41) is 0. The van der Waals surface area contributed by atoms with E-state index < -0.39 is 6.10 Å². The van der Waals surface area contributed by atoms with Crippen LogP contribution in [0.5, 0.6) is 0 Å². The topological polar surface area (TPSA) is 78.9 Å². The minimum absolute atomic E-state index is 0.0706. The number of carbonyl (C=O) groups is 3. The van der Waals surface area contributed by atoms with Crippen LogP contribution in [0, 0.1) is 0 Å². The van der Waals surface area contributed by atoms with Crippen molar-refractivity contribution in [3.05, 3.63) is 24.3 Å². The summed E-state index contributed by atoms with van der Waals surface area (Å²) < 4.78 is 17.0. The van der Waals surface area contributed by atoms with E-state index in [2.05, 4.69) is 45.1 Å². The van der Waals surface area contributed by atoms with Crippen LogP contribution in [0.4, 0.5) is 0 Å². The highest BCUT2D eigenvalue weighted by atomic mass is 16.6. The standard InChI is InChI=1S/C67H126O6/c1-4-7-10-13-16-19-22-25-28-30-32-33-34-35-37-39-42-45-48-51-54-57-60-66(69)72-63-64(62-71-65(68)59-56-53-50-47-44-41-38-27-24-21-18-15-12-9-6-3)73-67(70)61-58-55-52-49-46-43-40-36-31-29-26-23-20-17-14-11-8-5-2/h27,29,31,38,64H,4-26,28,30,32-37,39-63H2,1-3H3/b31-29-,38-27-. The minimum Gasteiger partial charge on any atom is -0.462 e. The predicted octanol–water partition coefficient (Wildman–Crippen LogP) is 22.2. The van der Waals surface area contributed by atoms with Crippen molar-refractivity contribution >= 4 is 17.9 Å². The zero-order chi connectivity index (χ0) is 52.9. The first-order valence-corrected chi connectivity index (χ1v) is 32.8. The maximum Gasteiger partial charge on any atom is 0.306 e. The molecule has 0 aliphatic carbocycles. The number of allylic oxidation sites excluding steroid dienone is 4. The zero-order valence-corrected chi connectivity index (χ0v) is 49.4. The van der Waals surface area contributed by atoms with Crippen LogP contribution in [0.2, 0.25) is 0 Å². The number of esters is 3. The molecule has 0 saturated carbocycles. The van der Waals surface area contributed by atoms with Crippen molar-refractivity contribution in [3.63, 3.8) is 0 Å². The minimum atomic E-state index is -0.774. The van der Waals surface area contributed by atoms with Gasteiger partial charge in [0, 0.05) is 19.3 Å². The highest BCUT2D eigenvalue weighted by Crippen LogP contribution is 2.18. The predicted molar refractivity (Wildman–Crippen MR) is 316 cm³/mol. The van der Waals surface area contributed by atoms with Gasteiger partial charge in [0.05, 0.1) is 0 Å². The van der Waals surface area contributed by atoms with E-state index in [0.717, 1.165) is 64.2 Å². The largest absolute Gasteiger partial charge is 0.462 e. The molecular formula is C67H126O6. The summed E-state index contributed by atoms with van der Waals surface area (Å²) in [5.74, 6) is -0.857. The van der Waals surface area contributed by atoms with Crippen molar-refractivity contribution in [2.24, 2.45) is 0 Å². The molecule has 0 fully saturated rings. The van der Waals surface area contributed by atoms with Crippen LogP contribution in [0.15, 0.2) is 24.3 Å². The van der Waals surface area contributed by atoms with E-state index in [0.29, 0.717) is 19.3 Å². The molecule has 73 heavy (non-hydrogen) atoms. The lowest BCUT2D eigenvalue weighted by Gasteiger charge is -2.18. The Hall–Kier alpha value is -2.11. The first-order valence-electron chi connectivity index (χ1n) is 32.8. The van der Waals surface area contributed by atoms with E-state index in [4.69, 9.17) is 14.2 Å². The molecule has 0 spiro atoms. The Morgan fingerprint density at radius 1 is 0.260 bits per heavy atom. The van der Waals surface area contributed by atoms with Crippen molar-refractivity contribution in [3.8, 4) is 0 Å². The Kier molecular flexibility index (Phi) is 60.6. The Labute approximate surface area is 455 Å². The van der Waals surface area contributed by atoms with Gasteiger partial charge >= 0.3 is 17.9 Å². The average molecular weight is 1030 g/mol. The molecule has 0 rings (SSSR count). The number of carbonyl (C=O) groups excluding carboxylic acids is 3. The molecule has 0 aromatic carbocycles. The molecule has 0 N–H and O–H groups in total. The second-order valence-corrected chi connectivity index (χ2v) is 22.4. The summed E-state index contributed by atoms with van der Waals surface area (Å²) >= 11 is 0. The fourth-order valence-electron chi connectivity index (χ4n) is 9.97. The maximum absolute atomic E-state index is 12.9. The Bertz CT molecular complexity index is 1180. The van der Waals surface area contributed by atoms with Crippen LogP contribution in [0.25, 0.3) is 0 Å². The van der Waals surface area contributed by atoms with Gasteiger partial charge in [0.25, 0.3) is 0 Å². The molecule has 1 unspecified atom stereocenters. The van der Waals surface area contributed by atoms with Gasteiger partial charge in [0.2, 0.25) is 0 Å². The van der Waals surface area contributed by atoms with E-state index >= 15 is 0 Å². The molecule has 0 bridgehead atoms. The fraction of sp³-hybridized carbons (Fsp3) is 0.896. The quantitative estimate of drug-likeness (QED) is 0.0261. The van der Waals surface area contributed by atoms with Crippen LogP contribution in [-0.2, 0) is 28.6 Å². The van der Waals surface area contributed by atoms with Gasteiger partial charge in [-0.1, -0.05) is 302 Å².